The molecule has 5 nitrogen and oxygen atoms in total. The van der Waals surface area contributed by atoms with E-state index in [4.69, 9.17) is 0 Å². The zero-order valence-corrected chi connectivity index (χ0v) is 12.7. The van der Waals surface area contributed by atoms with E-state index >= 15 is 0 Å². The Labute approximate surface area is 133 Å². The molecular formula is C17H18FN3O2. The number of aliphatic hydroxyl groups is 1. The van der Waals surface area contributed by atoms with E-state index in [9.17, 15) is 14.3 Å². The number of rotatable bonds is 3. The number of hydrogen-bond acceptors (Lipinski definition) is 4. The fourth-order valence-electron chi connectivity index (χ4n) is 3.84. The quantitative estimate of drug-likeness (QED) is 0.884. The van der Waals surface area contributed by atoms with Crippen LogP contribution in [0.2, 0.25) is 0 Å². The number of ketones is 1. The van der Waals surface area contributed by atoms with Gasteiger partial charge in [0, 0.05) is 29.7 Å². The Balaban J connectivity index is 1.61. The summed E-state index contributed by atoms with van der Waals surface area (Å²) in [5, 5.41) is 9.58. The highest BCUT2D eigenvalue weighted by Crippen LogP contribution is 2.42. The van der Waals surface area contributed by atoms with Gasteiger partial charge in [0.15, 0.2) is 0 Å². The SMILES string of the molecule is O=C(CC1c2c(ccnc2F)-c2cncn21)C1CCC(O)CC1. The van der Waals surface area contributed by atoms with Crippen LogP contribution in [-0.2, 0) is 4.79 Å². The van der Waals surface area contributed by atoms with Crippen LogP contribution in [0, 0.1) is 11.9 Å². The van der Waals surface area contributed by atoms with Crippen molar-refractivity contribution in [1.29, 1.82) is 0 Å². The molecule has 1 unspecified atom stereocenters. The van der Waals surface area contributed by atoms with Crippen LogP contribution in [0.15, 0.2) is 24.8 Å². The summed E-state index contributed by atoms with van der Waals surface area (Å²) in [4.78, 5) is 20.5. The average molecular weight is 315 g/mol. The van der Waals surface area contributed by atoms with Crippen molar-refractivity contribution in [2.45, 2.75) is 44.2 Å². The number of aliphatic hydroxyl groups excluding tert-OH is 1. The van der Waals surface area contributed by atoms with Crippen LogP contribution in [0.4, 0.5) is 4.39 Å². The van der Waals surface area contributed by atoms with Crippen molar-refractivity contribution in [3.63, 3.8) is 0 Å². The van der Waals surface area contributed by atoms with Gasteiger partial charge in [0.2, 0.25) is 5.95 Å². The predicted molar refractivity (Wildman–Crippen MR) is 81.1 cm³/mol. The van der Waals surface area contributed by atoms with Crippen molar-refractivity contribution >= 4 is 5.78 Å². The molecule has 2 aliphatic rings. The molecule has 2 aromatic heterocycles. The largest absolute Gasteiger partial charge is 0.393 e. The van der Waals surface area contributed by atoms with E-state index in [0.717, 1.165) is 11.3 Å². The van der Waals surface area contributed by atoms with Crippen LogP contribution in [0.5, 0.6) is 0 Å². The van der Waals surface area contributed by atoms with Gasteiger partial charge in [-0.25, -0.2) is 9.97 Å². The standard InChI is InChI=1S/C17H18FN3O2/c18-17-16-12(5-6-20-17)14-8-19-9-21(14)13(16)7-15(23)10-1-3-11(22)4-2-10/h5-6,8-11,13,22H,1-4,7H2. The van der Waals surface area contributed by atoms with Gasteiger partial charge in [0.05, 0.1) is 30.4 Å². The number of halogens is 1. The predicted octanol–water partition coefficient (Wildman–Crippen LogP) is 2.50. The number of carbonyl (C=O) groups is 1. The van der Waals surface area contributed by atoms with Crippen molar-refractivity contribution < 1.29 is 14.3 Å². The first-order valence-corrected chi connectivity index (χ1v) is 8.02. The Morgan fingerprint density at radius 1 is 1.35 bits per heavy atom. The molecule has 0 amide bonds. The lowest BCUT2D eigenvalue weighted by Crippen LogP contribution is -2.26. The summed E-state index contributed by atoms with van der Waals surface area (Å²) in [5.41, 5.74) is 2.10. The fraction of sp³-hybridized carbons (Fsp3) is 0.471. The van der Waals surface area contributed by atoms with Crippen molar-refractivity contribution in [3.8, 4) is 11.3 Å². The van der Waals surface area contributed by atoms with Crippen molar-refractivity contribution in [2.24, 2.45) is 5.92 Å². The number of fused-ring (bicyclic) bond motifs is 3. The summed E-state index contributed by atoms with van der Waals surface area (Å²) in [7, 11) is 0. The van der Waals surface area contributed by atoms with Crippen LogP contribution in [0.1, 0.15) is 43.7 Å². The van der Waals surface area contributed by atoms with Gasteiger partial charge in [-0.3, -0.25) is 4.79 Å². The topological polar surface area (TPSA) is 68.0 Å². The molecule has 1 atom stereocenters. The molecule has 1 N–H and O–H groups in total. The van der Waals surface area contributed by atoms with Crippen molar-refractivity contribution in [3.05, 3.63) is 36.3 Å². The van der Waals surface area contributed by atoms with Gasteiger partial charge >= 0.3 is 0 Å². The Hall–Kier alpha value is -2.08. The molecule has 1 fully saturated rings. The number of pyridine rings is 1. The number of nitrogens with zero attached hydrogens (tertiary/aromatic N) is 3. The van der Waals surface area contributed by atoms with E-state index in [1.807, 2.05) is 4.57 Å². The highest BCUT2D eigenvalue weighted by molar-refractivity contribution is 5.83. The van der Waals surface area contributed by atoms with E-state index in [0.29, 0.717) is 31.2 Å². The van der Waals surface area contributed by atoms with Crippen LogP contribution in [0.25, 0.3) is 11.3 Å². The van der Waals surface area contributed by atoms with Crippen LogP contribution < -0.4 is 0 Å². The first kappa shape index (κ1) is 14.5. The van der Waals surface area contributed by atoms with E-state index in [2.05, 4.69) is 9.97 Å². The molecule has 0 aromatic carbocycles. The highest BCUT2D eigenvalue weighted by Gasteiger charge is 2.35. The first-order chi connectivity index (χ1) is 11.1. The van der Waals surface area contributed by atoms with E-state index in [1.54, 1.807) is 18.6 Å². The number of Topliss-reactive ketones (excluding diaryl/α,β-unsaturated/α-hetero) is 1. The van der Waals surface area contributed by atoms with E-state index in [1.165, 1.54) is 6.20 Å². The lowest BCUT2D eigenvalue weighted by molar-refractivity contribution is -0.124. The maximum atomic E-state index is 14.2. The Morgan fingerprint density at radius 2 is 2.13 bits per heavy atom. The smallest absolute Gasteiger partial charge is 0.218 e. The van der Waals surface area contributed by atoms with Crippen LogP contribution in [0.3, 0.4) is 0 Å². The van der Waals surface area contributed by atoms with Gasteiger partial charge in [0.1, 0.15) is 5.78 Å². The maximum absolute atomic E-state index is 14.2. The molecule has 3 heterocycles. The van der Waals surface area contributed by atoms with Gasteiger partial charge in [0.25, 0.3) is 0 Å². The molecular weight excluding hydrogens is 297 g/mol. The van der Waals surface area contributed by atoms with Crippen LogP contribution in [-0.4, -0.2) is 31.5 Å². The second-order valence-corrected chi connectivity index (χ2v) is 6.44. The molecule has 1 aliphatic carbocycles. The minimum absolute atomic E-state index is 0.0332. The third-order valence-corrected chi connectivity index (χ3v) is 5.10. The molecule has 23 heavy (non-hydrogen) atoms. The van der Waals surface area contributed by atoms with Gasteiger partial charge < -0.3 is 9.67 Å². The van der Waals surface area contributed by atoms with Crippen LogP contribution >= 0.6 is 0 Å². The molecule has 6 heteroatoms. The molecule has 4 rings (SSSR count). The molecule has 0 bridgehead atoms. The van der Waals surface area contributed by atoms with E-state index in [-0.39, 0.29) is 30.3 Å². The number of aromatic nitrogens is 3. The summed E-state index contributed by atoms with van der Waals surface area (Å²) in [6, 6.07) is 1.41. The summed E-state index contributed by atoms with van der Waals surface area (Å²) < 4.78 is 16.1. The van der Waals surface area contributed by atoms with Gasteiger partial charge in [-0.1, -0.05) is 0 Å². The molecule has 1 saturated carbocycles. The molecule has 2 aromatic rings. The van der Waals surface area contributed by atoms with Gasteiger partial charge in [-0.05, 0) is 31.7 Å². The molecule has 120 valence electrons. The normalized spacial score (nSPS) is 25.9. The maximum Gasteiger partial charge on any atom is 0.218 e. The minimum atomic E-state index is -0.511. The van der Waals surface area contributed by atoms with E-state index < -0.39 is 5.95 Å². The lowest BCUT2D eigenvalue weighted by atomic mass is 9.82. The third-order valence-electron chi connectivity index (χ3n) is 5.10. The summed E-state index contributed by atoms with van der Waals surface area (Å²) >= 11 is 0. The minimum Gasteiger partial charge on any atom is -0.393 e. The second-order valence-electron chi connectivity index (χ2n) is 6.44. The summed E-state index contributed by atoms with van der Waals surface area (Å²) in [6.45, 7) is 0. The molecule has 0 radical (unpaired) electrons. The molecule has 0 spiro atoms. The number of hydrogen-bond donors (Lipinski definition) is 1. The number of imidazole rings is 1. The summed E-state index contributed by atoms with van der Waals surface area (Å²) in [6.07, 6.45) is 7.52. The molecule has 0 saturated heterocycles. The Bertz CT molecular complexity index is 750. The summed E-state index contributed by atoms with van der Waals surface area (Å²) in [5.74, 6) is -0.408. The average Bonchev–Trinajstić information content (AvgIpc) is 3.12. The van der Waals surface area contributed by atoms with Gasteiger partial charge in [-0.15, -0.1) is 0 Å². The van der Waals surface area contributed by atoms with Gasteiger partial charge in [-0.2, -0.15) is 4.39 Å². The fourth-order valence-corrected chi connectivity index (χ4v) is 3.84. The third kappa shape index (κ3) is 2.37. The zero-order chi connectivity index (χ0) is 16.0. The lowest BCUT2D eigenvalue weighted by Gasteiger charge is -2.25. The Kier molecular flexibility index (Phi) is 3.49. The Morgan fingerprint density at radius 3 is 2.91 bits per heavy atom. The second kappa shape index (κ2) is 5.53. The van der Waals surface area contributed by atoms with Crippen molar-refractivity contribution in [1.82, 2.24) is 14.5 Å². The monoisotopic (exact) mass is 315 g/mol. The number of carbonyl (C=O) groups excluding carboxylic acids is 1. The van der Waals surface area contributed by atoms with Crippen molar-refractivity contribution in [2.75, 3.05) is 0 Å². The highest BCUT2D eigenvalue weighted by atomic mass is 19.1. The molecule has 1 aliphatic heterocycles. The first-order valence-electron chi connectivity index (χ1n) is 8.02. The zero-order valence-electron chi connectivity index (χ0n) is 12.7.